The first-order valence-electron chi connectivity index (χ1n) is 3.68. The molecule has 1 N–H and O–H groups in total. The Morgan fingerprint density at radius 1 is 1.22 bits per heavy atom. The number of hydrogen-bond acceptors (Lipinski definition) is 1. The summed E-state index contributed by atoms with van der Waals surface area (Å²) in [6.45, 7) is 3.71. The first-order chi connectivity index (χ1) is 4.41. The van der Waals surface area contributed by atoms with Gasteiger partial charge in [-0.3, -0.25) is 4.39 Å². The van der Waals surface area contributed by atoms with Gasteiger partial charge < -0.3 is 5.32 Å². The van der Waals surface area contributed by atoms with Gasteiger partial charge in [0, 0.05) is 0 Å². The standard InChI is InChI=1S/C5H11N.C2H5F/c1-2-4-6-5-3-1;1-2-3/h6H,1-5H2;2H2,1H3. The van der Waals surface area contributed by atoms with Gasteiger partial charge in [-0.1, -0.05) is 6.42 Å². The fraction of sp³-hybridized carbons (Fsp3) is 1.00. The second kappa shape index (κ2) is 7.89. The Kier molecular flexibility index (Phi) is 7.79. The summed E-state index contributed by atoms with van der Waals surface area (Å²) in [6, 6.07) is 0. The number of rotatable bonds is 0. The summed E-state index contributed by atoms with van der Waals surface area (Å²) in [5, 5.41) is 3.28. The Morgan fingerprint density at radius 2 is 1.67 bits per heavy atom. The van der Waals surface area contributed by atoms with Crippen molar-refractivity contribution >= 4 is 0 Å². The Hall–Kier alpha value is -0.110. The highest BCUT2D eigenvalue weighted by atomic mass is 19.1. The highest BCUT2D eigenvalue weighted by Gasteiger charge is 1.93. The molecule has 1 rings (SSSR count). The maximum atomic E-state index is 10.3. The van der Waals surface area contributed by atoms with Crippen LogP contribution in [0.4, 0.5) is 4.39 Å². The summed E-state index contributed by atoms with van der Waals surface area (Å²) >= 11 is 0. The summed E-state index contributed by atoms with van der Waals surface area (Å²) < 4.78 is 10.3. The minimum atomic E-state index is -0.250. The van der Waals surface area contributed by atoms with Crippen molar-refractivity contribution < 1.29 is 4.39 Å². The monoisotopic (exact) mass is 133 g/mol. The van der Waals surface area contributed by atoms with Crippen LogP contribution < -0.4 is 5.32 Å². The van der Waals surface area contributed by atoms with Gasteiger partial charge in [-0.15, -0.1) is 0 Å². The van der Waals surface area contributed by atoms with E-state index in [0.29, 0.717) is 0 Å². The SMILES string of the molecule is C1CCNCC1.CCF. The summed E-state index contributed by atoms with van der Waals surface area (Å²) in [5.74, 6) is 0. The first kappa shape index (κ1) is 8.89. The predicted octanol–water partition coefficient (Wildman–Crippen LogP) is 1.74. The second-order valence-corrected chi connectivity index (χ2v) is 2.08. The van der Waals surface area contributed by atoms with E-state index in [1.165, 1.54) is 39.3 Å². The Bertz CT molecular complexity index is 32.7. The molecule has 1 fully saturated rings. The molecule has 9 heavy (non-hydrogen) atoms. The molecule has 0 aromatic heterocycles. The zero-order chi connectivity index (χ0) is 6.95. The van der Waals surface area contributed by atoms with E-state index >= 15 is 0 Å². The molecule has 1 aliphatic rings. The lowest BCUT2D eigenvalue weighted by atomic mass is 10.2. The third-order valence-electron chi connectivity index (χ3n) is 1.21. The van der Waals surface area contributed by atoms with Gasteiger partial charge in [0.05, 0.1) is 6.67 Å². The van der Waals surface area contributed by atoms with Crippen LogP contribution in [0.1, 0.15) is 26.2 Å². The van der Waals surface area contributed by atoms with Crippen LogP contribution in [0.15, 0.2) is 0 Å². The summed E-state index contributed by atoms with van der Waals surface area (Å²) in [6.07, 6.45) is 4.22. The van der Waals surface area contributed by atoms with E-state index in [2.05, 4.69) is 5.32 Å². The molecule has 0 bridgehead atoms. The van der Waals surface area contributed by atoms with Crippen LogP contribution in [0.2, 0.25) is 0 Å². The van der Waals surface area contributed by atoms with Crippen LogP contribution in [0.25, 0.3) is 0 Å². The van der Waals surface area contributed by atoms with Crippen LogP contribution >= 0.6 is 0 Å². The molecule has 0 unspecified atom stereocenters. The fourth-order valence-corrected chi connectivity index (χ4v) is 0.802. The van der Waals surface area contributed by atoms with E-state index in [4.69, 9.17) is 0 Å². The molecule has 0 radical (unpaired) electrons. The lowest BCUT2D eigenvalue weighted by Gasteiger charge is -2.08. The Morgan fingerprint density at radius 3 is 1.78 bits per heavy atom. The van der Waals surface area contributed by atoms with Gasteiger partial charge in [-0.2, -0.15) is 0 Å². The van der Waals surface area contributed by atoms with Crippen LogP contribution in [-0.2, 0) is 0 Å². The average molecular weight is 133 g/mol. The van der Waals surface area contributed by atoms with Crippen molar-refractivity contribution in [1.82, 2.24) is 5.32 Å². The zero-order valence-corrected chi connectivity index (χ0v) is 6.12. The molecule has 1 heterocycles. The number of alkyl halides is 1. The third kappa shape index (κ3) is 7.89. The van der Waals surface area contributed by atoms with E-state index in [1.54, 1.807) is 0 Å². The molecule has 0 aromatic rings. The maximum Gasteiger partial charge on any atom is 0.0866 e. The number of hydrogen-bond donors (Lipinski definition) is 1. The molecule has 1 nitrogen and oxygen atoms in total. The van der Waals surface area contributed by atoms with E-state index in [-0.39, 0.29) is 6.67 Å². The molecule has 0 atom stereocenters. The summed E-state index contributed by atoms with van der Waals surface area (Å²) in [4.78, 5) is 0. The molecular weight excluding hydrogens is 117 g/mol. The smallest absolute Gasteiger partial charge is 0.0866 e. The molecule has 0 saturated carbocycles. The quantitative estimate of drug-likeness (QED) is 0.530. The summed E-state index contributed by atoms with van der Waals surface area (Å²) in [5.41, 5.74) is 0. The number of nitrogens with one attached hydrogen (secondary N) is 1. The molecule has 56 valence electrons. The topological polar surface area (TPSA) is 12.0 Å². The van der Waals surface area contributed by atoms with Gasteiger partial charge in [-0.25, -0.2) is 0 Å². The number of piperidine rings is 1. The van der Waals surface area contributed by atoms with Crippen molar-refractivity contribution in [3.8, 4) is 0 Å². The van der Waals surface area contributed by atoms with Crippen LogP contribution in [0.3, 0.4) is 0 Å². The molecule has 0 aromatic carbocycles. The van der Waals surface area contributed by atoms with Crippen molar-refractivity contribution in [2.45, 2.75) is 26.2 Å². The highest BCUT2D eigenvalue weighted by Crippen LogP contribution is 1.96. The van der Waals surface area contributed by atoms with Gasteiger partial charge in [0.1, 0.15) is 0 Å². The van der Waals surface area contributed by atoms with Crippen molar-refractivity contribution in [2.24, 2.45) is 0 Å². The van der Waals surface area contributed by atoms with Gasteiger partial charge in [0.2, 0.25) is 0 Å². The Balaban J connectivity index is 0.000000187. The lowest BCUT2D eigenvalue weighted by Crippen LogP contribution is -2.21. The van der Waals surface area contributed by atoms with E-state index in [1.807, 2.05) is 0 Å². The van der Waals surface area contributed by atoms with Crippen LogP contribution in [-0.4, -0.2) is 19.8 Å². The minimum Gasteiger partial charge on any atom is -0.317 e. The molecule has 0 aliphatic carbocycles. The second-order valence-electron chi connectivity index (χ2n) is 2.08. The third-order valence-corrected chi connectivity index (χ3v) is 1.21. The maximum absolute atomic E-state index is 10.3. The molecule has 2 heteroatoms. The molecule has 1 aliphatic heterocycles. The van der Waals surface area contributed by atoms with Crippen molar-refractivity contribution in [3.05, 3.63) is 0 Å². The highest BCUT2D eigenvalue weighted by molar-refractivity contribution is 4.55. The van der Waals surface area contributed by atoms with E-state index in [9.17, 15) is 4.39 Å². The molecular formula is C7H16FN. The Labute approximate surface area is 56.6 Å². The van der Waals surface area contributed by atoms with E-state index < -0.39 is 0 Å². The number of halogens is 1. The van der Waals surface area contributed by atoms with Crippen molar-refractivity contribution in [3.63, 3.8) is 0 Å². The van der Waals surface area contributed by atoms with Crippen molar-refractivity contribution in [2.75, 3.05) is 19.8 Å². The van der Waals surface area contributed by atoms with Crippen molar-refractivity contribution in [1.29, 1.82) is 0 Å². The largest absolute Gasteiger partial charge is 0.317 e. The molecule has 1 saturated heterocycles. The van der Waals surface area contributed by atoms with Gasteiger partial charge in [0.15, 0.2) is 0 Å². The molecule has 0 amide bonds. The molecule has 0 spiro atoms. The predicted molar refractivity (Wildman–Crippen MR) is 38.4 cm³/mol. The summed E-state index contributed by atoms with van der Waals surface area (Å²) in [7, 11) is 0. The fourth-order valence-electron chi connectivity index (χ4n) is 0.802. The minimum absolute atomic E-state index is 0.250. The van der Waals surface area contributed by atoms with Gasteiger partial charge in [-0.05, 0) is 32.9 Å². The van der Waals surface area contributed by atoms with Crippen LogP contribution in [0.5, 0.6) is 0 Å². The van der Waals surface area contributed by atoms with E-state index in [0.717, 1.165) is 0 Å². The van der Waals surface area contributed by atoms with Gasteiger partial charge >= 0.3 is 0 Å². The van der Waals surface area contributed by atoms with Crippen LogP contribution in [0, 0.1) is 0 Å². The zero-order valence-electron chi connectivity index (χ0n) is 6.12. The first-order valence-corrected chi connectivity index (χ1v) is 3.68. The lowest BCUT2D eigenvalue weighted by molar-refractivity contribution is 0.520. The normalized spacial score (nSPS) is 18.0. The average Bonchev–Trinajstić information content (AvgIpc) is 1.93. The van der Waals surface area contributed by atoms with Gasteiger partial charge in [0.25, 0.3) is 0 Å².